The number of nitro groups is 1. The number of methoxy groups -OCH3 is 1. The number of thioether (sulfide) groups is 1. The first-order chi connectivity index (χ1) is 14.8. The van der Waals surface area contributed by atoms with Crippen LogP contribution in [0, 0.1) is 10.1 Å². The molecular formula is C20H16N2O7S2. The maximum Gasteiger partial charge on any atom is 0.338 e. The van der Waals surface area contributed by atoms with E-state index in [0.717, 1.165) is 17.8 Å². The molecule has 160 valence electrons. The molecule has 0 bridgehead atoms. The molecule has 11 heteroatoms. The van der Waals surface area contributed by atoms with Crippen molar-refractivity contribution in [3.63, 3.8) is 0 Å². The minimum absolute atomic E-state index is 0.0921. The number of anilines is 1. The van der Waals surface area contributed by atoms with Gasteiger partial charge in [-0.1, -0.05) is 24.0 Å². The molecule has 0 atom stereocenters. The van der Waals surface area contributed by atoms with Gasteiger partial charge in [-0.15, -0.1) is 0 Å². The molecule has 0 unspecified atom stereocenters. The third-order valence-electron chi connectivity index (χ3n) is 4.22. The number of nitrogens with zero attached hydrogens (tertiary/aromatic N) is 2. The van der Waals surface area contributed by atoms with Crippen molar-refractivity contribution in [3.05, 3.63) is 62.5 Å². The van der Waals surface area contributed by atoms with Crippen LogP contribution in [-0.4, -0.2) is 39.9 Å². The molecule has 0 spiro atoms. The minimum Gasteiger partial charge on any atom is -0.500 e. The van der Waals surface area contributed by atoms with Gasteiger partial charge >= 0.3 is 11.7 Å². The van der Waals surface area contributed by atoms with Gasteiger partial charge in [-0.05, 0) is 48.9 Å². The number of hydrogen-bond donors (Lipinski definition) is 1. The highest BCUT2D eigenvalue weighted by Gasteiger charge is 2.33. The number of aromatic hydroxyl groups is 1. The van der Waals surface area contributed by atoms with Gasteiger partial charge in [0.15, 0.2) is 10.1 Å². The van der Waals surface area contributed by atoms with Gasteiger partial charge in [0.25, 0.3) is 5.91 Å². The van der Waals surface area contributed by atoms with Crippen LogP contribution in [-0.2, 0) is 9.53 Å². The number of esters is 1. The molecule has 9 nitrogen and oxygen atoms in total. The molecule has 0 radical (unpaired) electrons. The minimum atomic E-state index is -0.745. The lowest BCUT2D eigenvalue weighted by Crippen LogP contribution is -2.27. The topological polar surface area (TPSA) is 119 Å². The molecule has 3 rings (SSSR count). The number of hydrogen-bond acceptors (Lipinski definition) is 9. The van der Waals surface area contributed by atoms with Crippen LogP contribution >= 0.6 is 24.0 Å². The van der Waals surface area contributed by atoms with E-state index >= 15 is 0 Å². The molecule has 1 amide bonds. The number of phenolic OH excluding ortho intramolecular Hbond substituents is 1. The summed E-state index contributed by atoms with van der Waals surface area (Å²) in [6.45, 7) is 1.96. The molecule has 0 aliphatic carbocycles. The average molecular weight is 460 g/mol. The maximum absolute atomic E-state index is 12.9. The van der Waals surface area contributed by atoms with Crippen LogP contribution in [0.15, 0.2) is 41.3 Å². The Kier molecular flexibility index (Phi) is 6.56. The summed E-state index contributed by atoms with van der Waals surface area (Å²) in [5.41, 5.74) is 0.554. The second kappa shape index (κ2) is 9.14. The van der Waals surface area contributed by atoms with E-state index in [4.69, 9.17) is 21.7 Å². The highest BCUT2D eigenvalue weighted by atomic mass is 32.2. The molecule has 1 heterocycles. The summed E-state index contributed by atoms with van der Waals surface area (Å²) in [5, 5.41) is 21.1. The van der Waals surface area contributed by atoms with E-state index < -0.39 is 28.2 Å². The molecule has 2 aromatic rings. The Bertz CT molecular complexity index is 1110. The van der Waals surface area contributed by atoms with Crippen LogP contribution in [0.3, 0.4) is 0 Å². The van der Waals surface area contributed by atoms with Crippen molar-refractivity contribution >= 4 is 57.6 Å². The summed E-state index contributed by atoms with van der Waals surface area (Å²) in [6, 6.07) is 8.73. The molecule has 1 N–H and O–H groups in total. The van der Waals surface area contributed by atoms with E-state index in [-0.39, 0.29) is 21.6 Å². The molecule has 0 saturated carbocycles. The second-order valence-electron chi connectivity index (χ2n) is 6.13. The molecule has 0 aromatic heterocycles. The molecular weight excluding hydrogens is 444 g/mol. The van der Waals surface area contributed by atoms with Crippen LogP contribution in [0.25, 0.3) is 6.08 Å². The Balaban J connectivity index is 1.91. The van der Waals surface area contributed by atoms with E-state index in [0.29, 0.717) is 16.8 Å². The van der Waals surface area contributed by atoms with E-state index in [1.54, 1.807) is 19.1 Å². The van der Waals surface area contributed by atoms with Crippen molar-refractivity contribution in [2.45, 2.75) is 6.92 Å². The number of carbonyl (C=O) groups excluding carboxylic acids is 2. The summed E-state index contributed by atoms with van der Waals surface area (Å²) < 4.78 is 10.2. The SMILES string of the molecule is CCOC(=O)c1ccc(N2C(=O)/C(=C/c3cc(OC)c(O)c([N+](=O)[O-])c3)SC2=S)cc1. The summed E-state index contributed by atoms with van der Waals surface area (Å²) >= 11 is 6.34. The Morgan fingerprint density at radius 3 is 2.58 bits per heavy atom. The van der Waals surface area contributed by atoms with E-state index in [1.807, 2.05) is 0 Å². The standard InChI is InChI=1S/C20H16N2O7S2/c1-3-29-19(25)12-4-6-13(7-5-12)21-18(24)16(31-20(21)30)10-11-8-14(22(26)27)17(23)15(9-11)28-2/h4-10,23H,3H2,1-2H3/b16-10-. The lowest BCUT2D eigenvalue weighted by atomic mass is 10.1. The third-order valence-corrected chi connectivity index (χ3v) is 5.52. The highest BCUT2D eigenvalue weighted by molar-refractivity contribution is 8.27. The first-order valence-electron chi connectivity index (χ1n) is 8.87. The fourth-order valence-electron chi connectivity index (χ4n) is 2.79. The summed E-state index contributed by atoms with van der Waals surface area (Å²) in [6.07, 6.45) is 1.43. The van der Waals surface area contributed by atoms with Crippen molar-refractivity contribution in [2.75, 3.05) is 18.6 Å². The van der Waals surface area contributed by atoms with Crippen LogP contribution in [0.2, 0.25) is 0 Å². The van der Waals surface area contributed by atoms with Gasteiger partial charge in [-0.3, -0.25) is 19.8 Å². The zero-order chi connectivity index (χ0) is 22.7. The summed E-state index contributed by atoms with van der Waals surface area (Å²) in [4.78, 5) is 36.7. The molecule has 31 heavy (non-hydrogen) atoms. The van der Waals surface area contributed by atoms with Gasteiger partial charge in [0.05, 0.1) is 34.8 Å². The van der Waals surface area contributed by atoms with Crippen LogP contribution in [0.1, 0.15) is 22.8 Å². The number of amides is 1. The molecule has 2 aromatic carbocycles. The van der Waals surface area contributed by atoms with Gasteiger partial charge in [0.2, 0.25) is 5.75 Å². The Labute approximate surface area is 186 Å². The number of ether oxygens (including phenoxy) is 2. The van der Waals surface area contributed by atoms with Crippen LogP contribution < -0.4 is 9.64 Å². The number of nitro benzene ring substituents is 1. The summed E-state index contributed by atoms with van der Waals surface area (Å²) in [5.74, 6) is -1.58. The fraction of sp³-hybridized carbons (Fsp3) is 0.150. The molecule has 1 fully saturated rings. The third kappa shape index (κ3) is 4.52. The smallest absolute Gasteiger partial charge is 0.338 e. The Morgan fingerprint density at radius 2 is 2.00 bits per heavy atom. The molecule has 1 saturated heterocycles. The van der Waals surface area contributed by atoms with E-state index in [9.17, 15) is 24.8 Å². The van der Waals surface area contributed by atoms with E-state index in [2.05, 4.69) is 0 Å². The van der Waals surface area contributed by atoms with Gasteiger partial charge < -0.3 is 14.6 Å². The quantitative estimate of drug-likeness (QED) is 0.225. The van der Waals surface area contributed by atoms with Gasteiger partial charge in [-0.25, -0.2) is 4.79 Å². The normalized spacial score (nSPS) is 14.8. The highest BCUT2D eigenvalue weighted by Crippen LogP contribution is 2.40. The predicted molar refractivity (Wildman–Crippen MR) is 119 cm³/mol. The van der Waals surface area contributed by atoms with Gasteiger partial charge in [0, 0.05) is 6.07 Å². The Morgan fingerprint density at radius 1 is 1.32 bits per heavy atom. The number of phenols is 1. The molecule has 1 aliphatic heterocycles. The van der Waals surface area contributed by atoms with Gasteiger partial charge in [-0.2, -0.15) is 0 Å². The summed E-state index contributed by atoms with van der Waals surface area (Å²) in [7, 11) is 1.27. The van der Waals surface area contributed by atoms with Crippen LogP contribution in [0.4, 0.5) is 11.4 Å². The second-order valence-corrected chi connectivity index (χ2v) is 7.81. The van der Waals surface area contributed by atoms with Crippen molar-refractivity contribution in [2.24, 2.45) is 0 Å². The van der Waals surface area contributed by atoms with Crippen molar-refractivity contribution in [3.8, 4) is 11.5 Å². The van der Waals surface area contributed by atoms with E-state index in [1.165, 1.54) is 36.3 Å². The number of carbonyl (C=O) groups is 2. The fourth-order valence-corrected chi connectivity index (χ4v) is 4.09. The van der Waals surface area contributed by atoms with Crippen molar-refractivity contribution < 1.29 is 29.1 Å². The largest absolute Gasteiger partial charge is 0.500 e. The first-order valence-corrected chi connectivity index (χ1v) is 10.1. The lowest BCUT2D eigenvalue weighted by Gasteiger charge is -2.14. The van der Waals surface area contributed by atoms with Gasteiger partial charge in [0.1, 0.15) is 0 Å². The average Bonchev–Trinajstić information content (AvgIpc) is 3.02. The Hall–Kier alpha value is -3.44. The maximum atomic E-state index is 12.9. The first kappa shape index (κ1) is 22.2. The lowest BCUT2D eigenvalue weighted by molar-refractivity contribution is -0.386. The number of rotatable bonds is 6. The zero-order valence-corrected chi connectivity index (χ0v) is 18.0. The monoisotopic (exact) mass is 460 g/mol. The van der Waals surface area contributed by atoms with Crippen LogP contribution in [0.5, 0.6) is 11.5 Å². The molecule has 1 aliphatic rings. The zero-order valence-electron chi connectivity index (χ0n) is 16.4. The van der Waals surface area contributed by atoms with Crippen molar-refractivity contribution in [1.29, 1.82) is 0 Å². The number of thiocarbonyl (C=S) groups is 1. The number of benzene rings is 2. The van der Waals surface area contributed by atoms with Crippen molar-refractivity contribution in [1.82, 2.24) is 0 Å². The predicted octanol–water partition coefficient (Wildman–Crippen LogP) is 3.89.